The van der Waals surface area contributed by atoms with Gasteiger partial charge in [-0.1, -0.05) is 6.07 Å². The number of carbonyl (C=O) groups excluding carboxylic acids is 1. The third kappa shape index (κ3) is 4.98. The number of nitrogens with zero attached hydrogens (tertiary/aromatic N) is 2. The van der Waals surface area contributed by atoms with E-state index in [1.54, 1.807) is 11.1 Å². The molecule has 1 aromatic rings. The van der Waals surface area contributed by atoms with Gasteiger partial charge < -0.3 is 10.0 Å². The highest BCUT2D eigenvalue weighted by Crippen LogP contribution is 2.31. The van der Waals surface area contributed by atoms with Gasteiger partial charge in [-0.2, -0.15) is 0 Å². The third-order valence-corrected chi connectivity index (χ3v) is 5.01. The minimum absolute atomic E-state index is 0.104. The Morgan fingerprint density at radius 3 is 2.57 bits per heavy atom. The number of primary sulfonamides is 1. The molecular formula is C15H23N3O4S. The Kier molecular flexibility index (Phi) is 5.38. The standard InChI is InChI=1S/C15H23N3O4S/c1-12-4-5-13(17-11-12)15(20)6-8-18(9-7-15)14(19)3-2-10-23(16,21)22/h4-5,11,20H,2-3,6-10H2,1H3,(H2,16,21,22). The van der Waals surface area contributed by atoms with Gasteiger partial charge in [0, 0.05) is 25.7 Å². The maximum Gasteiger partial charge on any atom is 0.222 e. The smallest absolute Gasteiger partial charge is 0.222 e. The molecule has 1 saturated heterocycles. The molecule has 0 spiro atoms. The predicted molar refractivity (Wildman–Crippen MR) is 85.9 cm³/mol. The summed E-state index contributed by atoms with van der Waals surface area (Å²) in [6.45, 7) is 2.80. The van der Waals surface area contributed by atoms with E-state index in [0.717, 1.165) is 5.56 Å². The molecular weight excluding hydrogens is 318 g/mol. The molecule has 2 heterocycles. The summed E-state index contributed by atoms with van der Waals surface area (Å²) >= 11 is 0. The van der Waals surface area contributed by atoms with Crippen LogP contribution in [-0.4, -0.2) is 48.2 Å². The van der Waals surface area contributed by atoms with E-state index in [0.29, 0.717) is 31.6 Å². The number of aryl methyl sites for hydroxylation is 1. The molecule has 1 aliphatic rings. The van der Waals surface area contributed by atoms with Crippen LogP contribution in [0.25, 0.3) is 0 Å². The molecule has 0 aromatic carbocycles. The molecule has 0 radical (unpaired) electrons. The minimum Gasteiger partial charge on any atom is -0.383 e. The van der Waals surface area contributed by atoms with Gasteiger partial charge in [0.05, 0.1) is 11.4 Å². The van der Waals surface area contributed by atoms with Crippen molar-refractivity contribution in [3.05, 3.63) is 29.6 Å². The SMILES string of the molecule is Cc1ccc(C2(O)CCN(C(=O)CCCS(N)(=O)=O)CC2)nc1. The first kappa shape index (κ1) is 17.8. The number of rotatable bonds is 5. The van der Waals surface area contributed by atoms with E-state index in [9.17, 15) is 18.3 Å². The maximum atomic E-state index is 12.1. The van der Waals surface area contributed by atoms with Crippen LogP contribution >= 0.6 is 0 Å². The van der Waals surface area contributed by atoms with Crippen molar-refractivity contribution in [2.75, 3.05) is 18.8 Å². The van der Waals surface area contributed by atoms with Crippen LogP contribution in [0.1, 0.15) is 36.9 Å². The fraction of sp³-hybridized carbons (Fsp3) is 0.600. The zero-order valence-corrected chi connectivity index (χ0v) is 14.1. The number of hydrogen-bond donors (Lipinski definition) is 2. The van der Waals surface area contributed by atoms with E-state index in [1.807, 2.05) is 19.1 Å². The van der Waals surface area contributed by atoms with E-state index < -0.39 is 15.6 Å². The molecule has 0 atom stereocenters. The second kappa shape index (κ2) is 6.94. The summed E-state index contributed by atoms with van der Waals surface area (Å²) in [7, 11) is -3.53. The van der Waals surface area contributed by atoms with Crippen molar-refractivity contribution >= 4 is 15.9 Å². The number of aromatic nitrogens is 1. The summed E-state index contributed by atoms with van der Waals surface area (Å²) in [6.07, 6.45) is 2.93. The van der Waals surface area contributed by atoms with Crippen LogP contribution in [0.15, 0.2) is 18.3 Å². The molecule has 0 saturated carbocycles. The fourth-order valence-corrected chi connectivity index (χ4v) is 3.25. The monoisotopic (exact) mass is 341 g/mol. The van der Waals surface area contributed by atoms with Gasteiger partial charge in [-0.05, 0) is 37.8 Å². The molecule has 1 aromatic heterocycles. The fourth-order valence-electron chi connectivity index (χ4n) is 2.71. The first-order valence-corrected chi connectivity index (χ1v) is 9.35. The molecule has 0 unspecified atom stereocenters. The zero-order valence-electron chi connectivity index (χ0n) is 13.2. The maximum absolute atomic E-state index is 12.1. The van der Waals surface area contributed by atoms with Crippen LogP contribution in [0.3, 0.4) is 0 Å². The Labute approximate surface area is 136 Å². The number of likely N-dealkylation sites (tertiary alicyclic amines) is 1. The highest BCUT2D eigenvalue weighted by Gasteiger charge is 2.36. The summed E-state index contributed by atoms with van der Waals surface area (Å²) in [6, 6.07) is 3.73. The minimum atomic E-state index is -3.53. The van der Waals surface area contributed by atoms with Gasteiger partial charge in [0.1, 0.15) is 5.60 Å². The topological polar surface area (TPSA) is 114 Å². The van der Waals surface area contributed by atoms with Crippen LogP contribution in [0.4, 0.5) is 0 Å². The first-order valence-electron chi connectivity index (χ1n) is 7.63. The highest BCUT2D eigenvalue weighted by atomic mass is 32.2. The van der Waals surface area contributed by atoms with Crippen molar-refractivity contribution in [3.8, 4) is 0 Å². The quantitative estimate of drug-likeness (QED) is 0.798. The number of hydrogen-bond acceptors (Lipinski definition) is 5. The van der Waals surface area contributed by atoms with Gasteiger partial charge in [0.2, 0.25) is 15.9 Å². The predicted octanol–water partition coefficient (Wildman–Crippen LogP) is 0.269. The normalized spacial score (nSPS) is 18.0. The number of sulfonamides is 1. The molecule has 0 aliphatic carbocycles. The van der Waals surface area contributed by atoms with E-state index in [1.165, 1.54) is 0 Å². The average molecular weight is 341 g/mol. The van der Waals surface area contributed by atoms with Gasteiger partial charge in [-0.15, -0.1) is 0 Å². The Morgan fingerprint density at radius 2 is 2.04 bits per heavy atom. The lowest BCUT2D eigenvalue weighted by molar-refractivity contribution is -0.135. The summed E-state index contributed by atoms with van der Waals surface area (Å²) in [5.74, 6) is -0.295. The molecule has 8 heteroatoms. The summed E-state index contributed by atoms with van der Waals surface area (Å²) < 4.78 is 21.7. The third-order valence-electron chi connectivity index (χ3n) is 4.15. The Balaban J connectivity index is 1.87. The van der Waals surface area contributed by atoms with Crippen LogP contribution in [0.2, 0.25) is 0 Å². The number of carbonyl (C=O) groups is 1. The molecule has 7 nitrogen and oxygen atoms in total. The second-order valence-electron chi connectivity index (χ2n) is 6.10. The Hall–Kier alpha value is -1.51. The largest absolute Gasteiger partial charge is 0.383 e. The van der Waals surface area contributed by atoms with Crippen molar-refractivity contribution in [2.24, 2.45) is 5.14 Å². The number of piperidine rings is 1. The van der Waals surface area contributed by atoms with Gasteiger partial charge >= 0.3 is 0 Å². The lowest BCUT2D eigenvalue weighted by Crippen LogP contribution is -2.45. The lowest BCUT2D eigenvalue weighted by atomic mass is 9.87. The molecule has 128 valence electrons. The van der Waals surface area contributed by atoms with E-state index in [4.69, 9.17) is 5.14 Å². The van der Waals surface area contributed by atoms with Gasteiger partial charge in [0.25, 0.3) is 0 Å². The van der Waals surface area contributed by atoms with Gasteiger partial charge in [-0.3, -0.25) is 9.78 Å². The number of aliphatic hydroxyl groups is 1. The van der Waals surface area contributed by atoms with Crippen molar-refractivity contribution in [2.45, 2.75) is 38.2 Å². The molecule has 2 rings (SSSR count). The first-order chi connectivity index (χ1) is 10.7. The number of amides is 1. The van der Waals surface area contributed by atoms with Crippen LogP contribution < -0.4 is 5.14 Å². The van der Waals surface area contributed by atoms with Crippen molar-refractivity contribution in [1.29, 1.82) is 0 Å². The Bertz CT molecular complexity index is 650. The molecule has 1 aliphatic heterocycles. The van der Waals surface area contributed by atoms with E-state index >= 15 is 0 Å². The van der Waals surface area contributed by atoms with E-state index in [-0.39, 0.29) is 24.5 Å². The average Bonchev–Trinajstić information content (AvgIpc) is 2.47. The van der Waals surface area contributed by atoms with E-state index in [2.05, 4.69) is 4.98 Å². The highest BCUT2D eigenvalue weighted by molar-refractivity contribution is 7.89. The number of nitrogens with two attached hydrogens (primary N) is 1. The van der Waals surface area contributed by atoms with Gasteiger partial charge in [0.15, 0.2) is 0 Å². The van der Waals surface area contributed by atoms with Crippen molar-refractivity contribution < 1.29 is 18.3 Å². The lowest BCUT2D eigenvalue weighted by Gasteiger charge is -2.38. The molecule has 0 bridgehead atoms. The number of pyridine rings is 1. The van der Waals surface area contributed by atoms with Crippen molar-refractivity contribution in [1.82, 2.24) is 9.88 Å². The molecule has 1 amide bonds. The zero-order chi connectivity index (χ0) is 17.1. The van der Waals surface area contributed by atoms with Crippen molar-refractivity contribution in [3.63, 3.8) is 0 Å². The second-order valence-corrected chi connectivity index (χ2v) is 7.84. The molecule has 3 N–H and O–H groups in total. The van der Waals surface area contributed by atoms with Crippen LogP contribution in [-0.2, 0) is 20.4 Å². The summed E-state index contributed by atoms with van der Waals surface area (Å²) in [5.41, 5.74) is 0.648. The van der Waals surface area contributed by atoms with Crippen LogP contribution in [0.5, 0.6) is 0 Å². The van der Waals surface area contributed by atoms with Crippen LogP contribution in [0, 0.1) is 6.92 Å². The summed E-state index contributed by atoms with van der Waals surface area (Å²) in [5, 5.41) is 15.6. The molecule has 1 fully saturated rings. The summed E-state index contributed by atoms with van der Waals surface area (Å²) in [4.78, 5) is 18.0. The van der Waals surface area contributed by atoms with Gasteiger partial charge in [-0.25, -0.2) is 13.6 Å². The molecule has 23 heavy (non-hydrogen) atoms. The Morgan fingerprint density at radius 1 is 1.39 bits per heavy atom.